The fourth-order valence-electron chi connectivity index (χ4n) is 2.72. The van der Waals surface area contributed by atoms with Gasteiger partial charge in [0.05, 0.1) is 18.3 Å². The molecule has 0 radical (unpaired) electrons. The van der Waals surface area contributed by atoms with Crippen LogP contribution in [0.15, 0.2) is 18.3 Å². The lowest BCUT2D eigenvalue weighted by molar-refractivity contribution is -0.0247. The van der Waals surface area contributed by atoms with Gasteiger partial charge >= 0.3 is 0 Å². The maximum absolute atomic E-state index is 12.9. The lowest BCUT2D eigenvalue weighted by Crippen LogP contribution is -2.28. The largest absolute Gasteiger partial charge is 0.470 e. The Kier molecular flexibility index (Phi) is 4.79. The first-order valence-electron chi connectivity index (χ1n) is 7.96. The van der Waals surface area contributed by atoms with Crippen molar-refractivity contribution in [2.75, 3.05) is 6.61 Å². The Morgan fingerprint density at radius 3 is 2.77 bits per heavy atom. The summed E-state index contributed by atoms with van der Waals surface area (Å²) in [7, 11) is 0. The maximum atomic E-state index is 12.9. The fraction of sp³-hybridized carbons (Fsp3) is 0.412. The van der Waals surface area contributed by atoms with Gasteiger partial charge in [-0.05, 0) is 26.0 Å². The van der Waals surface area contributed by atoms with Crippen LogP contribution in [0, 0.1) is 6.92 Å². The predicted octanol–water partition coefficient (Wildman–Crippen LogP) is 3.58. The smallest absolute Gasteiger partial charge is 0.278 e. The van der Waals surface area contributed by atoms with Crippen LogP contribution in [-0.2, 0) is 6.54 Å². The molecule has 138 valence electrons. The summed E-state index contributed by atoms with van der Waals surface area (Å²) in [6, 6.07) is 2.94. The third-order valence-electron chi connectivity index (χ3n) is 4.14. The summed E-state index contributed by atoms with van der Waals surface area (Å²) in [6.45, 7) is 3.82. The molecule has 1 aliphatic heterocycles. The second-order valence-corrected chi connectivity index (χ2v) is 6.71. The topological polar surface area (TPSA) is 68.2 Å². The van der Waals surface area contributed by atoms with Crippen molar-refractivity contribution in [3.05, 3.63) is 45.9 Å². The number of nitrogens with zero attached hydrogens (tertiary/aromatic N) is 4. The molecule has 3 rings (SSSR count). The van der Waals surface area contributed by atoms with Crippen LogP contribution in [0.2, 0.25) is 5.15 Å². The van der Waals surface area contributed by atoms with Crippen molar-refractivity contribution in [3.63, 3.8) is 0 Å². The predicted molar refractivity (Wildman–Crippen MR) is 90.4 cm³/mol. The molecule has 1 atom stereocenters. The van der Waals surface area contributed by atoms with Gasteiger partial charge in [-0.15, -0.1) is 10.2 Å². The number of halogens is 3. The highest BCUT2D eigenvalue weighted by molar-refractivity contribution is 6.30. The molecule has 0 saturated heterocycles. The van der Waals surface area contributed by atoms with Gasteiger partial charge in [-0.2, -0.15) is 0 Å². The second-order valence-electron chi connectivity index (χ2n) is 6.35. The van der Waals surface area contributed by atoms with E-state index in [4.69, 9.17) is 16.3 Å². The van der Waals surface area contributed by atoms with Gasteiger partial charge in [0, 0.05) is 29.8 Å². The van der Waals surface area contributed by atoms with Gasteiger partial charge in [0.1, 0.15) is 5.15 Å². The van der Waals surface area contributed by atoms with Crippen LogP contribution in [0.1, 0.15) is 47.1 Å². The van der Waals surface area contributed by atoms with E-state index in [-0.39, 0.29) is 17.8 Å². The van der Waals surface area contributed by atoms with Crippen LogP contribution in [0.3, 0.4) is 0 Å². The zero-order valence-corrected chi connectivity index (χ0v) is 15.2. The van der Waals surface area contributed by atoms with Gasteiger partial charge < -0.3 is 9.64 Å². The number of fused-ring (bicyclic) bond motifs is 1. The third kappa shape index (κ3) is 3.60. The van der Waals surface area contributed by atoms with E-state index in [0.29, 0.717) is 34.1 Å². The third-order valence-corrected chi connectivity index (χ3v) is 4.46. The van der Waals surface area contributed by atoms with Crippen molar-refractivity contribution in [1.82, 2.24) is 20.1 Å². The number of rotatable bonds is 5. The Morgan fingerprint density at radius 2 is 2.15 bits per heavy atom. The Bertz CT molecular complexity index is 857. The molecule has 6 nitrogen and oxygen atoms in total. The molecule has 2 aromatic rings. The lowest BCUT2D eigenvalue weighted by Gasteiger charge is -2.24. The van der Waals surface area contributed by atoms with Gasteiger partial charge in [-0.1, -0.05) is 11.6 Å². The number of aromatic nitrogens is 3. The van der Waals surface area contributed by atoms with Crippen LogP contribution >= 0.6 is 11.6 Å². The molecule has 3 heterocycles. The molecule has 1 unspecified atom stereocenters. The van der Waals surface area contributed by atoms with Gasteiger partial charge in [0.15, 0.2) is 6.61 Å². The second kappa shape index (κ2) is 6.75. The van der Waals surface area contributed by atoms with E-state index >= 15 is 0 Å². The molecule has 0 aliphatic carbocycles. The molecule has 0 N–H and O–H groups in total. The molecule has 1 amide bonds. The first kappa shape index (κ1) is 18.4. The van der Waals surface area contributed by atoms with Gasteiger partial charge in [0.25, 0.3) is 11.8 Å². The molecule has 0 bridgehead atoms. The number of hydrogen-bond acceptors (Lipinski definition) is 5. The highest BCUT2D eigenvalue weighted by Crippen LogP contribution is 2.33. The van der Waals surface area contributed by atoms with Crippen LogP contribution < -0.4 is 4.74 Å². The molecule has 0 spiro atoms. The molecule has 0 fully saturated rings. The van der Waals surface area contributed by atoms with Gasteiger partial charge in [-0.3, -0.25) is 4.79 Å². The van der Waals surface area contributed by atoms with Crippen molar-refractivity contribution in [2.45, 2.75) is 39.3 Å². The molecule has 26 heavy (non-hydrogen) atoms. The summed E-state index contributed by atoms with van der Waals surface area (Å²) < 4.78 is 30.9. The van der Waals surface area contributed by atoms with Crippen LogP contribution in [0.5, 0.6) is 5.88 Å². The number of amides is 1. The molecule has 9 heteroatoms. The highest BCUT2D eigenvalue weighted by atomic mass is 35.5. The van der Waals surface area contributed by atoms with Crippen molar-refractivity contribution in [3.8, 4) is 5.88 Å². The molecular weight excluding hydrogens is 366 g/mol. The number of ether oxygens (including phenoxy) is 1. The summed E-state index contributed by atoms with van der Waals surface area (Å²) in [5, 5.41) is 8.23. The Morgan fingerprint density at radius 1 is 1.42 bits per heavy atom. The number of carbonyl (C=O) groups is 1. The molecule has 2 aromatic heterocycles. The molecule has 0 saturated carbocycles. The van der Waals surface area contributed by atoms with Gasteiger partial charge in [0.2, 0.25) is 5.88 Å². The monoisotopic (exact) mass is 382 g/mol. The quantitative estimate of drug-likeness (QED) is 0.739. The van der Waals surface area contributed by atoms with E-state index in [0.717, 1.165) is 6.92 Å². The average molecular weight is 383 g/mol. The van der Waals surface area contributed by atoms with Crippen LogP contribution in [-0.4, -0.2) is 38.5 Å². The van der Waals surface area contributed by atoms with E-state index in [9.17, 15) is 13.6 Å². The normalized spacial score (nSPS) is 15.2. The van der Waals surface area contributed by atoms with Crippen molar-refractivity contribution < 1.29 is 18.3 Å². The Hall–Kier alpha value is -2.35. The summed E-state index contributed by atoms with van der Waals surface area (Å²) in [6.07, 6.45) is 1.49. The highest BCUT2D eigenvalue weighted by Gasteiger charge is 2.34. The SMILES string of the molecule is Cc1cc(C(C)N2Cc3c(ccnc3Cl)C2=O)nnc1OCC(C)(F)F. The molecular formula is C17H17ClF2N4O2. The van der Waals surface area contributed by atoms with E-state index in [1.54, 1.807) is 24.0 Å². The summed E-state index contributed by atoms with van der Waals surface area (Å²) >= 11 is 6.07. The zero-order valence-electron chi connectivity index (χ0n) is 14.5. The van der Waals surface area contributed by atoms with E-state index in [2.05, 4.69) is 15.2 Å². The minimum atomic E-state index is -2.96. The number of aryl methyl sites for hydroxylation is 1. The summed E-state index contributed by atoms with van der Waals surface area (Å²) in [4.78, 5) is 18.2. The molecule has 1 aliphatic rings. The average Bonchev–Trinajstić information content (AvgIpc) is 2.91. The number of alkyl halides is 2. The van der Waals surface area contributed by atoms with Crippen molar-refractivity contribution in [1.29, 1.82) is 0 Å². The maximum Gasteiger partial charge on any atom is 0.278 e. The van der Waals surface area contributed by atoms with Gasteiger partial charge in [-0.25, -0.2) is 13.8 Å². The Balaban J connectivity index is 1.79. The summed E-state index contributed by atoms with van der Waals surface area (Å²) in [5.41, 5.74) is 2.30. The first-order chi connectivity index (χ1) is 12.2. The number of pyridine rings is 1. The summed E-state index contributed by atoms with van der Waals surface area (Å²) in [5.74, 6) is -3.07. The van der Waals surface area contributed by atoms with Crippen molar-refractivity contribution >= 4 is 17.5 Å². The standard InChI is InChI=1S/C17H17ClF2N4O2/c1-9-6-13(22-23-15(9)26-8-17(3,19)20)10(2)24-7-12-11(16(24)25)4-5-21-14(12)18/h4-6,10H,7-8H2,1-3H3. The first-order valence-corrected chi connectivity index (χ1v) is 8.34. The Labute approximate surface area is 154 Å². The van der Waals surface area contributed by atoms with Crippen LogP contribution in [0.25, 0.3) is 0 Å². The van der Waals surface area contributed by atoms with Crippen LogP contribution in [0.4, 0.5) is 8.78 Å². The van der Waals surface area contributed by atoms with Crippen molar-refractivity contribution in [2.24, 2.45) is 0 Å². The van der Waals surface area contributed by atoms with E-state index < -0.39 is 12.5 Å². The minimum Gasteiger partial charge on any atom is -0.470 e. The molecule has 0 aromatic carbocycles. The zero-order chi connectivity index (χ0) is 19.1. The lowest BCUT2D eigenvalue weighted by atomic mass is 10.1. The number of hydrogen-bond donors (Lipinski definition) is 0. The fourth-order valence-corrected chi connectivity index (χ4v) is 2.94. The minimum absolute atomic E-state index is 0.0470. The van der Waals surface area contributed by atoms with E-state index in [1.807, 2.05) is 6.92 Å². The van der Waals surface area contributed by atoms with E-state index in [1.165, 1.54) is 6.20 Å². The number of carbonyl (C=O) groups excluding carboxylic acids is 1.